The number of nitrogens with one attached hydrogen (secondary N) is 1. The monoisotopic (exact) mass is 415 g/mol. The number of aromatic amines is 1. The second kappa shape index (κ2) is 7.78. The third kappa shape index (κ3) is 4.59. The number of halogens is 1. The van der Waals surface area contributed by atoms with Crippen LogP contribution in [0.1, 0.15) is 94.3 Å². The standard InChI is InChI=1S/C26H38ClNO/c1-17-18(2)23(27)28-22(17)26(11-9-13-29-26)12-10-19-14-20(24(3,4)5)16-21(15-19)25(6,7)8/h14-16,28H,9-13H2,1-8H3. The lowest BCUT2D eigenvalue weighted by atomic mass is 9.78. The Kier molecular flexibility index (Phi) is 6.02. The van der Waals surface area contributed by atoms with Crippen molar-refractivity contribution in [2.75, 3.05) is 6.61 Å². The van der Waals surface area contributed by atoms with Gasteiger partial charge in [-0.2, -0.15) is 0 Å². The van der Waals surface area contributed by atoms with Crippen LogP contribution in [0.5, 0.6) is 0 Å². The maximum Gasteiger partial charge on any atom is 0.109 e. The van der Waals surface area contributed by atoms with E-state index in [0.29, 0.717) is 0 Å². The van der Waals surface area contributed by atoms with Crippen LogP contribution in [0.25, 0.3) is 0 Å². The quantitative estimate of drug-likeness (QED) is 0.548. The van der Waals surface area contributed by atoms with Crippen LogP contribution in [0, 0.1) is 13.8 Å². The molecular formula is C26H38ClNO. The van der Waals surface area contributed by atoms with Gasteiger partial charge in [-0.1, -0.05) is 71.3 Å². The van der Waals surface area contributed by atoms with E-state index in [0.717, 1.165) is 43.0 Å². The van der Waals surface area contributed by atoms with Gasteiger partial charge in [0, 0.05) is 6.61 Å². The molecule has 1 atom stereocenters. The van der Waals surface area contributed by atoms with Crippen molar-refractivity contribution in [3.8, 4) is 0 Å². The first-order chi connectivity index (χ1) is 13.3. The zero-order chi connectivity index (χ0) is 21.6. The molecule has 1 fully saturated rings. The summed E-state index contributed by atoms with van der Waals surface area (Å²) in [5.41, 5.74) is 7.83. The van der Waals surface area contributed by atoms with Crippen LogP contribution in [0.3, 0.4) is 0 Å². The maximum atomic E-state index is 6.42. The van der Waals surface area contributed by atoms with Crippen molar-refractivity contribution in [1.82, 2.24) is 4.98 Å². The van der Waals surface area contributed by atoms with Crippen molar-refractivity contribution in [1.29, 1.82) is 0 Å². The molecule has 160 valence electrons. The molecule has 1 aliphatic rings. The molecule has 1 aromatic carbocycles. The van der Waals surface area contributed by atoms with Crippen LogP contribution < -0.4 is 0 Å². The first kappa shape index (κ1) is 22.4. The molecule has 2 heterocycles. The van der Waals surface area contributed by atoms with E-state index in [1.54, 1.807) is 0 Å². The second-order valence-electron chi connectivity index (χ2n) is 10.9. The SMILES string of the molecule is Cc1c(Cl)[nH]c(C2(CCc3cc(C(C)(C)C)cc(C(C)(C)C)c3)CCCO2)c1C. The number of aryl methyl sites for hydroxylation is 1. The molecule has 0 radical (unpaired) electrons. The third-order valence-corrected chi connectivity index (χ3v) is 6.98. The molecule has 3 rings (SSSR count). The molecule has 1 aliphatic heterocycles. The Morgan fingerprint density at radius 2 is 1.55 bits per heavy atom. The minimum Gasteiger partial charge on any atom is -0.369 e. The number of hydrogen-bond acceptors (Lipinski definition) is 1. The van der Waals surface area contributed by atoms with Gasteiger partial charge in [-0.05, 0) is 78.2 Å². The second-order valence-corrected chi connectivity index (χ2v) is 11.3. The van der Waals surface area contributed by atoms with Crippen LogP contribution in [0.2, 0.25) is 5.15 Å². The van der Waals surface area contributed by atoms with Crippen LogP contribution in [0.4, 0.5) is 0 Å². The molecule has 0 saturated carbocycles. The van der Waals surface area contributed by atoms with E-state index in [2.05, 4.69) is 78.6 Å². The topological polar surface area (TPSA) is 25.0 Å². The van der Waals surface area contributed by atoms with Gasteiger partial charge in [-0.15, -0.1) is 0 Å². The van der Waals surface area contributed by atoms with E-state index < -0.39 is 0 Å². The van der Waals surface area contributed by atoms with Gasteiger partial charge in [0.1, 0.15) is 10.8 Å². The lowest BCUT2D eigenvalue weighted by Crippen LogP contribution is -2.27. The highest BCUT2D eigenvalue weighted by Gasteiger charge is 2.40. The fourth-order valence-electron chi connectivity index (χ4n) is 4.37. The van der Waals surface area contributed by atoms with Crippen molar-refractivity contribution >= 4 is 11.6 Å². The largest absolute Gasteiger partial charge is 0.369 e. The van der Waals surface area contributed by atoms with E-state index >= 15 is 0 Å². The normalized spacial score (nSPS) is 20.4. The Morgan fingerprint density at radius 1 is 0.966 bits per heavy atom. The van der Waals surface area contributed by atoms with Crippen LogP contribution in [-0.2, 0) is 27.6 Å². The molecule has 1 unspecified atom stereocenters. The van der Waals surface area contributed by atoms with Crippen molar-refractivity contribution in [3.63, 3.8) is 0 Å². The highest BCUT2D eigenvalue weighted by Crippen LogP contribution is 2.43. The van der Waals surface area contributed by atoms with Crippen LogP contribution >= 0.6 is 11.6 Å². The van der Waals surface area contributed by atoms with Gasteiger partial charge in [0.05, 0.1) is 5.69 Å². The molecular weight excluding hydrogens is 378 g/mol. The van der Waals surface area contributed by atoms with Gasteiger partial charge < -0.3 is 9.72 Å². The molecule has 3 heteroatoms. The smallest absolute Gasteiger partial charge is 0.109 e. The highest BCUT2D eigenvalue weighted by molar-refractivity contribution is 6.30. The minimum atomic E-state index is -0.248. The number of benzene rings is 1. The predicted octanol–water partition coefficient (Wildman–Crippen LogP) is 7.52. The molecule has 2 aromatic rings. The number of rotatable bonds is 4. The lowest BCUT2D eigenvalue weighted by Gasteiger charge is -2.30. The summed E-state index contributed by atoms with van der Waals surface area (Å²) >= 11 is 6.42. The first-order valence-corrected chi connectivity index (χ1v) is 11.4. The van der Waals surface area contributed by atoms with E-state index in [4.69, 9.17) is 16.3 Å². The summed E-state index contributed by atoms with van der Waals surface area (Å²) in [6, 6.07) is 7.19. The van der Waals surface area contributed by atoms with E-state index in [1.165, 1.54) is 27.9 Å². The zero-order valence-corrected chi connectivity index (χ0v) is 20.3. The summed E-state index contributed by atoms with van der Waals surface area (Å²) in [4.78, 5) is 3.44. The van der Waals surface area contributed by atoms with E-state index in [9.17, 15) is 0 Å². The van der Waals surface area contributed by atoms with Gasteiger partial charge in [0.15, 0.2) is 0 Å². The lowest BCUT2D eigenvalue weighted by molar-refractivity contribution is -0.0105. The summed E-state index contributed by atoms with van der Waals surface area (Å²) in [5, 5.41) is 0.747. The molecule has 1 N–H and O–H groups in total. The Bertz CT molecular complexity index is 841. The number of ether oxygens (including phenoxy) is 1. The summed E-state index contributed by atoms with van der Waals surface area (Å²) in [6.45, 7) is 18.9. The van der Waals surface area contributed by atoms with Gasteiger partial charge in [0.2, 0.25) is 0 Å². The molecule has 0 aliphatic carbocycles. The Labute approximate surface area is 182 Å². The molecule has 2 nitrogen and oxygen atoms in total. The van der Waals surface area contributed by atoms with Crippen molar-refractivity contribution < 1.29 is 4.74 Å². The third-order valence-electron chi connectivity index (χ3n) is 6.60. The average molecular weight is 416 g/mol. The van der Waals surface area contributed by atoms with Gasteiger partial charge >= 0.3 is 0 Å². The van der Waals surface area contributed by atoms with Crippen LogP contribution in [-0.4, -0.2) is 11.6 Å². The molecule has 1 aromatic heterocycles. The van der Waals surface area contributed by atoms with Crippen molar-refractivity contribution in [3.05, 3.63) is 56.9 Å². The van der Waals surface area contributed by atoms with Gasteiger partial charge in [0.25, 0.3) is 0 Å². The highest BCUT2D eigenvalue weighted by atomic mass is 35.5. The Balaban J connectivity index is 1.95. The molecule has 0 bridgehead atoms. The summed E-state index contributed by atoms with van der Waals surface area (Å²) in [7, 11) is 0. The maximum absolute atomic E-state index is 6.42. The van der Waals surface area contributed by atoms with Gasteiger partial charge in [-0.3, -0.25) is 0 Å². The zero-order valence-electron chi connectivity index (χ0n) is 19.6. The summed E-state index contributed by atoms with van der Waals surface area (Å²) < 4.78 is 6.40. The summed E-state index contributed by atoms with van der Waals surface area (Å²) in [6.07, 6.45) is 4.13. The predicted molar refractivity (Wildman–Crippen MR) is 124 cm³/mol. The molecule has 29 heavy (non-hydrogen) atoms. The number of aromatic nitrogens is 1. The average Bonchev–Trinajstić information content (AvgIpc) is 3.20. The molecule has 1 saturated heterocycles. The number of hydrogen-bond donors (Lipinski definition) is 1. The first-order valence-electron chi connectivity index (χ1n) is 11.0. The fourth-order valence-corrected chi connectivity index (χ4v) is 4.61. The Hall–Kier alpha value is -1.25. The summed E-state index contributed by atoms with van der Waals surface area (Å²) in [5.74, 6) is 0. The van der Waals surface area contributed by atoms with E-state index in [1.807, 2.05) is 0 Å². The van der Waals surface area contributed by atoms with Crippen LogP contribution in [0.15, 0.2) is 18.2 Å². The molecule has 0 amide bonds. The molecule has 0 spiro atoms. The minimum absolute atomic E-state index is 0.137. The Morgan fingerprint density at radius 3 is 1.97 bits per heavy atom. The van der Waals surface area contributed by atoms with Gasteiger partial charge in [-0.25, -0.2) is 0 Å². The fraction of sp³-hybridized carbons (Fsp3) is 0.615. The number of H-pyrrole nitrogens is 1. The van der Waals surface area contributed by atoms with E-state index in [-0.39, 0.29) is 16.4 Å². The van der Waals surface area contributed by atoms with Crippen molar-refractivity contribution in [2.24, 2.45) is 0 Å². The van der Waals surface area contributed by atoms with Crippen molar-refractivity contribution in [2.45, 2.75) is 97.5 Å².